The topological polar surface area (TPSA) is 70.1 Å². The number of anilines is 1. The molecule has 0 saturated carbocycles. The Hall–Kier alpha value is -1.21. The van der Waals surface area contributed by atoms with E-state index in [0.717, 1.165) is 25.9 Å². The van der Waals surface area contributed by atoms with E-state index in [2.05, 4.69) is 32.7 Å². The lowest BCUT2D eigenvalue weighted by atomic mass is 10.4. The minimum absolute atomic E-state index is 0.117. The fraction of sp³-hybridized carbons (Fsp3) is 0.769. The summed E-state index contributed by atoms with van der Waals surface area (Å²) in [5, 5.41) is 15.1. The summed E-state index contributed by atoms with van der Waals surface area (Å²) in [6.07, 6.45) is 4.64. The Balaban J connectivity index is 1.64. The first-order valence-electron chi connectivity index (χ1n) is 7.37. The highest BCUT2D eigenvalue weighted by molar-refractivity contribution is 7.17. The highest BCUT2D eigenvalue weighted by atomic mass is 32.1. The highest BCUT2D eigenvalue weighted by Crippen LogP contribution is 2.14. The van der Waals surface area contributed by atoms with Gasteiger partial charge in [0.15, 0.2) is 0 Å². The SMILES string of the molecule is CCCNc1nnc(C(=O)NCCCN2CCCC2)s1. The maximum atomic E-state index is 11.9. The van der Waals surface area contributed by atoms with Gasteiger partial charge in [-0.15, -0.1) is 10.2 Å². The van der Waals surface area contributed by atoms with Gasteiger partial charge in [-0.2, -0.15) is 0 Å². The second-order valence-electron chi connectivity index (χ2n) is 5.00. The molecule has 1 aromatic heterocycles. The van der Waals surface area contributed by atoms with Crippen molar-refractivity contribution in [1.29, 1.82) is 0 Å². The van der Waals surface area contributed by atoms with E-state index in [1.165, 1.54) is 37.3 Å². The van der Waals surface area contributed by atoms with E-state index in [1.807, 2.05) is 0 Å². The Bertz CT molecular complexity index is 417. The van der Waals surface area contributed by atoms with Crippen molar-refractivity contribution < 1.29 is 4.79 Å². The zero-order valence-corrected chi connectivity index (χ0v) is 12.8. The van der Waals surface area contributed by atoms with Crippen LogP contribution in [0.25, 0.3) is 0 Å². The van der Waals surface area contributed by atoms with Gasteiger partial charge < -0.3 is 15.5 Å². The maximum absolute atomic E-state index is 11.9. The number of aromatic nitrogens is 2. The number of likely N-dealkylation sites (tertiary alicyclic amines) is 1. The smallest absolute Gasteiger partial charge is 0.282 e. The molecule has 0 aromatic carbocycles. The average molecular weight is 297 g/mol. The summed E-state index contributed by atoms with van der Waals surface area (Å²) in [5.41, 5.74) is 0. The van der Waals surface area contributed by atoms with Crippen molar-refractivity contribution in [2.75, 3.05) is 38.0 Å². The predicted molar refractivity (Wildman–Crippen MR) is 81.3 cm³/mol. The number of amides is 1. The van der Waals surface area contributed by atoms with E-state index in [1.54, 1.807) is 0 Å². The molecule has 0 unspecified atom stereocenters. The molecule has 0 atom stereocenters. The third-order valence-corrected chi connectivity index (χ3v) is 4.16. The molecule has 7 heteroatoms. The van der Waals surface area contributed by atoms with Crippen LogP contribution in [0.3, 0.4) is 0 Å². The first-order chi connectivity index (χ1) is 9.79. The predicted octanol–water partition coefficient (Wildman–Crippen LogP) is 1.58. The van der Waals surface area contributed by atoms with Crippen molar-refractivity contribution >= 4 is 22.4 Å². The van der Waals surface area contributed by atoms with Crippen molar-refractivity contribution in [2.24, 2.45) is 0 Å². The van der Waals surface area contributed by atoms with Gasteiger partial charge in [0.25, 0.3) is 5.91 Å². The molecule has 2 N–H and O–H groups in total. The second kappa shape index (κ2) is 8.16. The molecular weight excluding hydrogens is 274 g/mol. The molecule has 0 aliphatic carbocycles. The summed E-state index contributed by atoms with van der Waals surface area (Å²) in [6, 6.07) is 0. The molecule has 6 nitrogen and oxygen atoms in total. The van der Waals surface area contributed by atoms with Crippen molar-refractivity contribution in [1.82, 2.24) is 20.4 Å². The van der Waals surface area contributed by atoms with Crippen LogP contribution >= 0.6 is 11.3 Å². The van der Waals surface area contributed by atoms with E-state index in [4.69, 9.17) is 0 Å². The summed E-state index contributed by atoms with van der Waals surface area (Å²) in [4.78, 5) is 14.3. The standard InChI is InChI=1S/C13H23N5OS/c1-2-6-15-13-17-16-12(20-13)11(19)14-7-5-10-18-8-3-4-9-18/h2-10H2,1H3,(H,14,19)(H,15,17). The Kier molecular flexibility index (Phi) is 6.20. The zero-order valence-electron chi connectivity index (χ0n) is 12.0. The van der Waals surface area contributed by atoms with Crippen molar-refractivity contribution in [3.63, 3.8) is 0 Å². The van der Waals surface area contributed by atoms with Crippen LogP contribution in [0.15, 0.2) is 0 Å². The molecular formula is C13H23N5OS. The van der Waals surface area contributed by atoms with Gasteiger partial charge in [0.05, 0.1) is 0 Å². The van der Waals surface area contributed by atoms with Crippen LogP contribution in [0, 0.1) is 0 Å². The zero-order chi connectivity index (χ0) is 14.2. The quantitative estimate of drug-likeness (QED) is 0.713. The molecule has 0 radical (unpaired) electrons. The number of rotatable bonds is 8. The first kappa shape index (κ1) is 15.2. The van der Waals surface area contributed by atoms with Crippen LogP contribution in [0.5, 0.6) is 0 Å². The van der Waals surface area contributed by atoms with Gasteiger partial charge in [-0.05, 0) is 45.3 Å². The van der Waals surface area contributed by atoms with Gasteiger partial charge in [0.1, 0.15) is 0 Å². The van der Waals surface area contributed by atoms with Crippen LogP contribution in [0.1, 0.15) is 42.4 Å². The molecule has 1 aliphatic heterocycles. The fourth-order valence-corrected chi connectivity index (χ4v) is 2.89. The molecule has 1 fully saturated rings. The Morgan fingerprint density at radius 1 is 1.30 bits per heavy atom. The number of nitrogens with one attached hydrogen (secondary N) is 2. The van der Waals surface area contributed by atoms with E-state index < -0.39 is 0 Å². The van der Waals surface area contributed by atoms with E-state index in [9.17, 15) is 4.79 Å². The summed E-state index contributed by atoms with van der Waals surface area (Å²) in [5.74, 6) is -0.117. The summed E-state index contributed by atoms with van der Waals surface area (Å²) in [6.45, 7) is 7.12. The van der Waals surface area contributed by atoms with Gasteiger partial charge in [0, 0.05) is 13.1 Å². The molecule has 1 amide bonds. The van der Waals surface area contributed by atoms with Crippen molar-refractivity contribution in [3.8, 4) is 0 Å². The van der Waals surface area contributed by atoms with Gasteiger partial charge in [-0.1, -0.05) is 18.3 Å². The fourth-order valence-electron chi connectivity index (χ4n) is 2.20. The highest BCUT2D eigenvalue weighted by Gasteiger charge is 2.13. The summed E-state index contributed by atoms with van der Waals surface area (Å²) < 4.78 is 0. The second-order valence-corrected chi connectivity index (χ2v) is 5.97. The number of carbonyl (C=O) groups is 1. The van der Waals surface area contributed by atoms with Gasteiger partial charge in [0.2, 0.25) is 10.1 Å². The van der Waals surface area contributed by atoms with Gasteiger partial charge in [-0.25, -0.2) is 0 Å². The molecule has 112 valence electrons. The van der Waals surface area contributed by atoms with Crippen molar-refractivity contribution in [2.45, 2.75) is 32.6 Å². The Morgan fingerprint density at radius 2 is 2.10 bits per heavy atom. The third-order valence-electron chi connectivity index (χ3n) is 3.28. The van der Waals surface area contributed by atoms with Crippen LogP contribution < -0.4 is 10.6 Å². The van der Waals surface area contributed by atoms with E-state index in [0.29, 0.717) is 16.7 Å². The maximum Gasteiger partial charge on any atom is 0.282 e. The molecule has 20 heavy (non-hydrogen) atoms. The largest absolute Gasteiger partial charge is 0.360 e. The third kappa shape index (κ3) is 4.72. The minimum atomic E-state index is -0.117. The van der Waals surface area contributed by atoms with Crippen LogP contribution in [-0.4, -0.2) is 53.7 Å². The van der Waals surface area contributed by atoms with Crippen LogP contribution in [0.2, 0.25) is 0 Å². The monoisotopic (exact) mass is 297 g/mol. The number of hydrogen-bond acceptors (Lipinski definition) is 6. The lowest BCUT2D eigenvalue weighted by Gasteiger charge is -2.13. The lowest BCUT2D eigenvalue weighted by molar-refractivity contribution is 0.0951. The Labute approximate surface area is 124 Å². The number of hydrogen-bond donors (Lipinski definition) is 2. The van der Waals surface area contributed by atoms with E-state index >= 15 is 0 Å². The molecule has 0 bridgehead atoms. The molecule has 0 spiro atoms. The Morgan fingerprint density at radius 3 is 2.85 bits per heavy atom. The average Bonchev–Trinajstić information content (AvgIpc) is 3.12. The van der Waals surface area contributed by atoms with Gasteiger partial charge >= 0.3 is 0 Å². The first-order valence-corrected chi connectivity index (χ1v) is 8.19. The normalized spacial score (nSPS) is 15.4. The molecule has 1 saturated heterocycles. The summed E-state index contributed by atoms with van der Waals surface area (Å²) >= 11 is 1.31. The van der Waals surface area contributed by atoms with Crippen LogP contribution in [0.4, 0.5) is 5.13 Å². The van der Waals surface area contributed by atoms with Crippen LogP contribution in [-0.2, 0) is 0 Å². The van der Waals surface area contributed by atoms with Gasteiger partial charge in [-0.3, -0.25) is 4.79 Å². The molecule has 1 aliphatic rings. The molecule has 1 aromatic rings. The summed E-state index contributed by atoms with van der Waals surface area (Å²) in [7, 11) is 0. The number of nitrogens with zero attached hydrogens (tertiary/aromatic N) is 3. The molecule has 2 heterocycles. The van der Waals surface area contributed by atoms with Crippen molar-refractivity contribution in [3.05, 3.63) is 5.01 Å². The van der Waals surface area contributed by atoms with E-state index in [-0.39, 0.29) is 5.91 Å². The molecule has 2 rings (SSSR count). The number of carbonyl (C=O) groups excluding carboxylic acids is 1. The lowest BCUT2D eigenvalue weighted by Crippen LogP contribution is -2.28. The minimum Gasteiger partial charge on any atom is -0.360 e.